The molecule has 1 heterocycles. The summed E-state index contributed by atoms with van der Waals surface area (Å²) in [6, 6.07) is 7.68. The quantitative estimate of drug-likeness (QED) is 0.674. The number of aryl methyl sites for hydroxylation is 1. The number of hydrogen-bond acceptors (Lipinski definition) is 4. The van der Waals surface area contributed by atoms with Crippen LogP contribution in [0.25, 0.3) is 0 Å². The lowest BCUT2D eigenvalue weighted by Gasteiger charge is -2.23. The maximum absolute atomic E-state index is 12.1. The predicted molar refractivity (Wildman–Crippen MR) is 108 cm³/mol. The fraction of sp³-hybridized carbons (Fsp3) is 0.556. The van der Waals surface area contributed by atoms with Crippen molar-refractivity contribution in [2.24, 2.45) is 5.92 Å². The molecule has 2 rings (SSSR count). The Labute approximate surface area is 160 Å². The highest BCUT2D eigenvalue weighted by Crippen LogP contribution is 2.14. The molecular weight excluding hydrogens is 358 g/mol. The summed E-state index contributed by atoms with van der Waals surface area (Å²) in [7, 11) is 0. The van der Waals surface area contributed by atoms with Crippen molar-refractivity contribution in [1.82, 2.24) is 10.6 Å². The Morgan fingerprint density at radius 3 is 2.68 bits per heavy atom. The first kappa shape index (κ1) is 21.8. The smallest absolute Gasteiger partial charge is 0.234 e. The van der Waals surface area contributed by atoms with Gasteiger partial charge in [0, 0.05) is 12.2 Å². The van der Waals surface area contributed by atoms with Crippen LogP contribution < -0.4 is 16.0 Å². The van der Waals surface area contributed by atoms with Crippen LogP contribution in [0.1, 0.15) is 25.3 Å². The molecule has 0 aliphatic carbocycles. The molecule has 0 bridgehead atoms. The molecule has 2 unspecified atom stereocenters. The summed E-state index contributed by atoms with van der Waals surface area (Å²) in [5.41, 5.74) is 1.94. The Kier molecular flexibility index (Phi) is 9.93. The Bertz CT molecular complexity index is 548. The van der Waals surface area contributed by atoms with Crippen molar-refractivity contribution in [2.45, 2.75) is 31.9 Å². The van der Waals surface area contributed by atoms with E-state index in [0.29, 0.717) is 12.5 Å². The summed E-state index contributed by atoms with van der Waals surface area (Å²) in [5, 5.41) is 8.96. The predicted octanol–water partition coefficient (Wildman–Crippen LogP) is 2.59. The van der Waals surface area contributed by atoms with E-state index in [1.54, 1.807) is 0 Å². The molecule has 0 radical (unpaired) electrons. The SMILES string of the molecule is Cc1ccc(NC(=O)CSC(C)C(=O)NCC2CCCNC2)cc1.Cl. The molecule has 0 saturated carbocycles. The van der Waals surface area contributed by atoms with Crippen molar-refractivity contribution < 1.29 is 9.59 Å². The van der Waals surface area contributed by atoms with Gasteiger partial charge in [-0.1, -0.05) is 17.7 Å². The highest BCUT2D eigenvalue weighted by molar-refractivity contribution is 8.01. The van der Waals surface area contributed by atoms with Gasteiger partial charge in [-0.3, -0.25) is 9.59 Å². The summed E-state index contributed by atoms with van der Waals surface area (Å²) < 4.78 is 0. The third-order valence-corrected chi connectivity index (χ3v) is 5.28. The second-order valence-electron chi connectivity index (χ2n) is 6.32. The van der Waals surface area contributed by atoms with Crippen LogP contribution in [0.5, 0.6) is 0 Å². The molecule has 1 aliphatic heterocycles. The second kappa shape index (κ2) is 11.4. The molecule has 25 heavy (non-hydrogen) atoms. The van der Waals surface area contributed by atoms with Crippen molar-refractivity contribution in [2.75, 3.05) is 30.7 Å². The number of amides is 2. The van der Waals surface area contributed by atoms with Crippen LogP contribution in [0, 0.1) is 12.8 Å². The monoisotopic (exact) mass is 385 g/mol. The van der Waals surface area contributed by atoms with Crippen LogP contribution in [0.2, 0.25) is 0 Å². The third-order valence-electron chi connectivity index (χ3n) is 4.13. The Balaban J connectivity index is 0.00000312. The first-order valence-electron chi connectivity index (χ1n) is 8.51. The Morgan fingerprint density at radius 1 is 1.32 bits per heavy atom. The van der Waals surface area contributed by atoms with E-state index in [1.165, 1.54) is 18.2 Å². The van der Waals surface area contributed by atoms with Crippen molar-refractivity contribution in [1.29, 1.82) is 0 Å². The van der Waals surface area contributed by atoms with Gasteiger partial charge in [0.2, 0.25) is 11.8 Å². The minimum atomic E-state index is -0.231. The van der Waals surface area contributed by atoms with Gasteiger partial charge in [0.1, 0.15) is 0 Å². The van der Waals surface area contributed by atoms with Crippen molar-refractivity contribution in [3.05, 3.63) is 29.8 Å². The van der Waals surface area contributed by atoms with E-state index < -0.39 is 0 Å². The highest BCUT2D eigenvalue weighted by atomic mass is 35.5. The first-order chi connectivity index (χ1) is 11.5. The molecule has 3 N–H and O–H groups in total. The van der Waals surface area contributed by atoms with Crippen molar-refractivity contribution >= 4 is 41.7 Å². The molecule has 1 fully saturated rings. The summed E-state index contributed by atoms with van der Waals surface area (Å²) in [4.78, 5) is 24.1. The van der Waals surface area contributed by atoms with Crippen LogP contribution in [-0.4, -0.2) is 42.5 Å². The van der Waals surface area contributed by atoms with Crippen LogP contribution in [-0.2, 0) is 9.59 Å². The minimum absolute atomic E-state index is 0. The van der Waals surface area contributed by atoms with Crippen LogP contribution in [0.3, 0.4) is 0 Å². The van der Waals surface area contributed by atoms with E-state index in [2.05, 4.69) is 16.0 Å². The number of hydrogen-bond donors (Lipinski definition) is 3. The molecule has 2 atom stereocenters. The number of piperidine rings is 1. The van der Waals surface area contributed by atoms with Crippen molar-refractivity contribution in [3.63, 3.8) is 0 Å². The minimum Gasteiger partial charge on any atom is -0.355 e. The molecule has 7 heteroatoms. The van der Waals surface area contributed by atoms with Gasteiger partial charge in [0.25, 0.3) is 0 Å². The van der Waals surface area contributed by atoms with Crippen LogP contribution >= 0.6 is 24.2 Å². The van der Waals surface area contributed by atoms with E-state index >= 15 is 0 Å². The van der Waals surface area contributed by atoms with E-state index in [9.17, 15) is 9.59 Å². The van der Waals surface area contributed by atoms with Gasteiger partial charge in [0.05, 0.1) is 11.0 Å². The highest BCUT2D eigenvalue weighted by Gasteiger charge is 2.18. The molecule has 5 nitrogen and oxygen atoms in total. The number of halogens is 1. The van der Waals surface area contributed by atoms with Crippen LogP contribution in [0.4, 0.5) is 5.69 Å². The molecular formula is C18H28ClN3O2S. The van der Waals surface area contributed by atoms with Gasteiger partial charge in [-0.15, -0.1) is 24.2 Å². The molecule has 1 aromatic carbocycles. The fourth-order valence-corrected chi connectivity index (χ4v) is 3.31. The lowest BCUT2D eigenvalue weighted by molar-refractivity contribution is -0.120. The lowest BCUT2D eigenvalue weighted by Crippen LogP contribution is -2.40. The van der Waals surface area contributed by atoms with Gasteiger partial charge < -0.3 is 16.0 Å². The fourth-order valence-electron chi connectivity index (χ4n) is 2.60. The molecule has 1 saturated heterocycles. The van der Waals surface area contributed by atoms with Crippen LogP contribution in [0.15, 0.2) is 24.3 Å². The number of benzene rings is 1. The summed E-state index contributed by atoms with van der Waals surface area (Å²) >= 11 is 1.36. The number of carbonyl (C=O) groups is 2. The summed E-state index contributed by atoms with van der Waals surface area (Å²) in [6.45, 7) is 6.61. The molecule has 0 aromatic heterocycles. The normalized spacial score (nSPS) is 17.9. The molecule has 0 spiro atoms. The second-order valence-corrected chi connectivity index (χ2v) is 7.65. The molecule has 2 amide bonds. The number of thioether (sulfide) groups is 1. The zero-order valence-electron chi connectivity index (χ0n) is 14.8. The maximum Gasteiger partial charge on any atom is 0.234 e. The number of anilines is 1. The first-order valence-corrected chi connectivity index (χ1v) is 9.56. The standard InChI is InChI=1S/C18H27N3O2S.ClH/c1-13-5-7-16(8-6-13)21-17(22)12-24-14(2)18(23)20-11-15-4-3-9-19-10-15;/h5-8,14-15,19H,3-4,9-12H2,1-2H3,(H,20,23)(H,21,22);1H. The maximum atomic E-state index is 12.1. The third kappa shape index (κ3) is 8.12. The van der Waals surface area contributed by atoms with Gasteiger partial charge in [-0.25, -0.2) is 0 Å². The van der Waals surface area contributed by atoms with Gasteiger partial charge in [0.15, 0.2) is 0 Å². The van der Waals surface area contributed by atoms with E-state index in [-0.39, 0.29) is 35.2 Å². The van der Waals surface area contributed by atoms with E-state index in [1.807, 2.05) is 38.1 Å². The summed E-state index contributed by atoms with van der Waals surface area (Å²) in [6.07, 6.45) is 2.33. The average Bonchev–Trinajstić information content (AvgIpc) is 2.60. The molecule has 1 aromatic rings. The topological polar surface area (TPSA) is 70.2 Å². The van der Waals surface area contributed by atoms with Gasteiger partial charge >= 0.3 is 0 Å². The van der Waals surface area contributed by atoms with E-state index in [0.717, 1.165) is 30.8 Å². The van der Waals surface area contributed by atoms with Gasteiger partial charge in [-0.05, 0) is 57.8 Å². The lowest BCUT2D eigenvalue weighted by atomic mass is 10.00. The Hall–Kier alpha value is -1.24. The average molecular weight is 386 g/mol. The summed E-state index contributed by atoms with van der Waals surface area (Å²) in [5.74, 6) is 0.714. The molecule has 140 valence electrons. The zero-order chi connectivity index (χ0) is 17.4. The zero-order valence-corrected chi connectivity index (χ0v) is 16.5. The van der Waals surface area contributed by atoms with Crippen molar-refractivity contribution in [3.8, 4) is 0 Å². The van der Waals surface area contributed by atoms with Gasteiger partial charge in [-0.2, -0.15) is 0 Å². The van der Waals surface area contributed by atoms with E-state index in [4.69, 9.17) is 0 Å². The Morgan fingerprint density at radius 2 is 2.04 bits per heavy atom. The molecule has 1 aliphatic rings. The number of nitrogens with one attached hydrogen (secondary N) is 3. The largest absolute Gasteiger partial charge is 0.355 e. The number of carbonyl (C=O) groups excluding carboxylic acids is 2. The number of rotatable bonds is 7.